The highest BCUT2D eigenvalue weighted by molar-refractivity contribution is 7.17. The maximum Gasteiger partial charge on any atom is 0.0897 e. The van der Waals surface area contributed by atoms with Crippen molar-refractivity contribution in [1.29, 1.82) is 0 Å². The molecule has 27 heavy (non-hydrogen) atoms. The molecule has 1 aliphatic rings. The zero-order chi connectivity index (χ0) is 18.5. The van der Waals surface area contributed by atoms with Crippen molar-refractivity contribution in [3.05, 3.63) is 51.3 Å². The first-order valence-corrected chi connectivity index (χ1v) is 11.4. The fourth-order valence-corrected chi connectivity index (χ4v) is 4.91. The number of benzene rings is 1. The van der Waals surface area contributed by atoms with Gasteiger partial charge in [0.2, 0.25) is 0 Å². The minimum Gasteiger partial charge on any atom is -0.380 e. The molecule has 0 radical (unpaired) electrons. The second-order valence-corrected chi connectivity index (χ2v) is 9.14. The highest BCUT2D eigenvalue weighted by Gasteiger charge is 2.17. The van der Waals surface area contributed by atoms with E-state index in [2.05, 4.69) is 56.7 Å². The van der Waals surface area contributed by atoms with Crippen LogP contribution >= 0.6 is 22.7 Å². The average molecular weight is 402 g/mol. The van der Waals surface area contributed by atoms with Gasteiger partial charge in [-0.1, -0.05) is 12.1 Å². The predicted octanol–water partition coefficient (Wildman–Crippen LogP) is 4.04. The summed E-state index contributed by atoms with van der Waals surface area (Å²) in [6.07, 6.45) is 0.993. The first-order valence-electron chi connectivity index (χ1n) is 9.66. The lowest BCUT2D eigenvalue weighted by Crippen LogP contribution is -2.46. The molecule has 2 aromatic heterocycles. The van der Waals surface area contributed by atoms with Crippen LogP contribution in [-0.2, 0) is 17.7 Å². The Morgan fingerprint density at radius 2 is 1.89 bits per heavy atom. The molecule has 4 rings (SSSR count). The van der Waals surface area contributed by atoms with Gasteiger partial charge in [0.25, 0.3) is 0 Å². The molecule has 3 heterocycles. The van der Waals surface area contributed by atoms with Gasteiger partial charge in [-0.15, -0.1) is 22.7 Å². The molecule has 1 fully saturated rings. The molecule has 0 N–H and O–H groups in total. The summed E-state index contributed by atoms with van der Waals surface area (Å²) < 4.78 is 7.26. The zero-order valence-electron chi connectivity index (χ0n) is 15.9. The van der Waals surface area contributed by atoms with E-state index in [1.165, 1.54) is 21.3 Å². The molecule has 144 valence electrons. The van der Waals surface area contributed by atoms with Gasteiger partial charge in [0, 0.05) is 49.3 Å². The molecule has 1 aliphatic heterocycles. The average Bonchev–Trinajstić information content (AvgIpc) is 3.31. The van der Waals surface area contributed by atoms with E-state index in [4.69, 9.17) is 4.74 Å². The molecule has 1 saturated heterocycles. The van der Waals surface area contributed by atoms with Crippen molar-refractivity contribution in [2.45, 2.75) is 19.9 Å². The predicted molar refractivity (Wildman–Crippen MR) is 115 cm³/mol. The van der Waals surface area contributed by atoms with E-state index in [-0.39, 0.29) is 0 Å². The summed E-state index contributed by atoms with van der Waals surface area (Å²) in [4.78, 5) is 9.60. The van der Waals surface area contributed by atoms with E-state index < -0.39 is 0 Å². The van der Waals surface area contributed by atoms with Gasteiger partial charge >= 0.3 is 0 Å². The standard InChI is InChI=1S/C21H27N3OS2/c1-17-22-20(16-27-17)15-24-8-6-23(7-9-24)10-12-25-11-4-18-2-3-21-19(14-18)5-13-26-21/h2-3,5,13-14,16H,4,6-12,15H2,1H3. The SMILES string of the molecule is Cc1nc(CN2CCN(CCOCCc3ccc4sccc4c3)CC2)cs1. The zero-order valence-corrected chi connectivity index (χ0v) is 17.5. The number of hydrogen-bond donors (Lipinski definition) is 0. The van der Waals surface area contributed by atoms with Crippen LogP contribution in [0.4, 0.5) is 0 Å². The Kier molecular flexibility index (Phi) is 6.52. The molecule has 0 saturated carbocycles. The second kappa shape index (κ2) is 9.26. The number of piperazine rings is 1. The molecule has 3 aromatic rings. The third-order valence-electron chi connectivity index (χ3n) is 5.12. The van der Waals surface area contributed by atoms with Crippen LogP contribution in [0.1, 0.15) is 16.3 Å². The highest BCUT2D eigenvalue weighted by Crippen LogP contribution is 2.22. The molecular formula is C21H27N3OS2. The first-order chi connectivity index (χ1) is 13.3. The summed E-state index contributed by atoms with van der Waals surface area (Å²) in [7, 11) is 0. The highest BCUT2D eigenvalue weighted by atomic mass is 32.1. The summed E-state index contributed by atoms with van der Waals surface area (Å²) in [5.74, 6) is 0. The Morgan fingerprint density at radius 3 is 2.70 bits per heavy atom. The number of thiazole rings is 1. The largest absolute Gasteiger partial charge is 0.380 e. The minimum absolute atomic E-state index is 0.804. The van der Waals surface area contributed by atoms with Gasteiger partial charge in [-0.3, -0.25) is 9.80 Å². The van der Waals surface area contributed by atoms with Gasteiger partial charge in [0.05, 0.1) is 23.9 Å². The van der Waals surface area contributed by atoms with Crippen molar-refractivity contribution in [2.75, 3.05) is 45.9 Å². The van der Waals surface area contributed by atoms with Gasteiger partial charge < -0.3 is 4.74 Å². The van der Waals surface area contributed by atoms with Crippen LogP contribution in [-0.4, -0.2) is 60.7 Å². The summed E-state index contributed by atoms with van der Waals surface area (Å²) >= 11 is 3.55. The van der Waals surface area contributed by atoms with Gasteiger partial charge in [-0.05, 0) is 41.8 Å². The number of fused-ring (bicyclic) bond motifs is 1. The molecular weight excluding hydrogens is 374 g/mol. The van der Waals surface area contributed by atoms with Crippen molar-refractivity contribution in [3.8, 4) is 0 Å². The lowest BCUT2D eigenvalue weighted by molar-refractivity contribution is 0.0744. The van der Waals surface area contributed by atoms with Crippen LogP contribution in [0.2, 0.25) is 0 Å². The molecule has 0 amide bonds. The van der Waals surface area contributed by atoms with E-state index in [1.54, 1.807) is 22.7 Å². The van der Waals surface area contributed by atoms with E-state index in [1.807, 2.05) is 0 Å². The van der Waals surface area contributed by atoms with Crippen molar-refractivity contribution < 1.29 is 4.74 Å². The number of thiophene rings is 1. The molecule has 0 unspecified atom stereocenters. The lowest BCUT2D eigenvalue weighted by atomic mass is 10.1. The van der Waals surface area contributed by atoms with Gasteiger partial charge in [-0.25, -0.2) is 4.98 Å². The van der Waals surface area contributed by atoms with E-state index in [0.717, 1.165) is 63.9 Å². The second-order valence-electron chi connectivity index (χ2n) is 7.13. The third-order valence-corrected chi connectivity index (χ3v) is 6.84. The van der Waals surface area contributed by atoms with Gasteiger partial charge in [0.15, 0.2) is 0 Å². The van der Waals surface area contributed by atoms with Crippen molar-refractivity contribution >= 4 is 32.8 Å². The summed E-state index contributed by atoms with van der Waals surface area (Å²) in [6.45, 7) is 10.2. The number of aromatic nitrogens is 1. The Morgan fingerprint density at radius 1 is 1.04 bits per heavy atom. The summed E-state index contributed by atoms with van der Waals surface area (Å²) in [5, 5.41) is 6.85. The van der Waals surface area contributed by atoms with Crippen molar-refractivity contribution in [2.24, 2.45) is 0 Å². The molecule has 0 aliphatic carbocycles. The van der Waals surface area contributed by atoms with E-state index in [9.17, 15) is 0 Å². The van der Waals surface area contributed by atoms with Gasteiger partial charge in [-0.2, -0.15) is 0 Å². The number of aryl methyl sites for hydroxylation is 1. The van der Waals surface area contributed by atoms with Crippen LogP contribution in [0.25, 0.3) is 10.1 Å². The number of rotatable bonds is 8. The maximum absolute atomic E-state index is 5.90. The van der Waals surface area contributed by atoms with Crippen LogP contribution in [0.5, 0.6) is 0 Å². The number of hydrogen-bond acceptors (Lipinski definition) is 6. The molecule has 4 nitrogen and oxygen atoms in total. The minimum atomic E-state index is 0.804. The Hall–Kier alpha value is -1.31. The summed E-state index contributed by atoms with van der Waals surface area (Å²) in [5.41, 5.74) is 2.58. The normalized spacial score (nSPS) is 16.3. The molecule has 0 bridgehead atoms. The van der Waals surface area contributed by atoms with Crippen molar-refractivity contribution in [3.63, 3.8) is 0 Å². The fourth-order valence-electron chi connectivity index (χ4n) is 3.54. The van der Waals surface area contributed by atoms with Crippen molar-refractivity contribution in [1.82, 2.24) is 14.8 Å². The Bertz CT molecular complexity index is 852. The van der Waals surface area contributed by atoms with Crippen LogP contribution in [0, 0.1) is 6.92 Å². The molecule has 0 spiro atoms. The Labute approximate surface area is 169 Å². The topological polar surface area (TPSA) is 28.6 Å². The van der Waals surface area contributed by atoms with Crippen LogP contribution < -0.4 is 0 Å². The lowest BCUT2D eigenvalue weighted by Gasteiger charge is -2.34. The first kappa shape index (κ1) is 19.0. The van der Waals surface area contributed by atoms with Crippen LogP contribution in [0.15, 0.2) is 35.0 Å². The molecule has 1 aromatic carbocycles. The number of ether oxygens (including phenoxy) is 1. The van der Waals surface area contributed by atoms with E-state index in [0.29, 0.717) is 0 Å². The third kappa shape index (κ3) is 5.36. The summed E-state index contributed by atoms with van der Waals surface area (Å²) in [6, 6.07) is 8.94. The molecule has 0 atom stereocenters. The van der Waals surface area contributed by atoms with Crippen LogP contribution in [0.3, 0.4) is 0 Å². The smallest absolute Gasteiger partial charge is 0.0897 e. The Balaban J connectivity index is 1.10. The number of nitrogens with zero attached hydrogens (tertiary/aromatic N) is 3. The monoisotopic (exact) mass is 401 g/mol. The van der Waals surface area contributed by atoms with Gasteiger partial charge in [0.1, 0.15) is 0 Å². The molecule has 6 heteroatoms. The fraction of sp³-hybridized carbons (Fsp3) is 0.476. The quantitative estimate of drug-likeness (QED) is 0.533. The maximum atomic E-state index is 5.90. The van der Waals surface area contributed by atoms with E-state index >= 15 is 0 Å².